The van der Waals surface area contributed by atoms with Crippen molar-refractivity contribution in [1.82, 2.24) is 0 Å². The molecule has 0 fully saturated rings. The lowest BCUT2D eigenvalue weighted by Gasteiger charge is -2.09. The van der Waals surface area contributed by atoms with Crippen molar-refractivity contribution in [3.8, 4) is 33.4 Å². The van der Waals surface area contributed by atoms with E-state index in [0.717, 1.165) is 22.3 Å². The van der Waals surface area contributed by atoms with Crippen LogP contribution in [0.25, 0.3) is 33.4 Å². The molecule has 0 spiro atoms. The molecule has 0 radical (unpaired) electrons. The highest BCUT2D eigenvalue weighted by molar-refractivity contribution is 5.83. The first-order valence-corrected chi connectivity index (χ1v) is 9.38. The fourth-order valence-electron chi connectivity index (χ4n) is 4.16. The Bertz CT molecular complexity index is 1220. The molecular weight excluding hydrogens is 414 g/mol. The lowest BCUT2D eigenvalue weighted by Crippen LogP contribution is -1.93. The summed E-state index contributed by atoms with van der Waals surface area (Å²) < 4.78 is 83.2. The van der Waals surface area contributed by atoms with Crippen LogP contribution in [0.1, 0.15) is 11.1 Å². The summed E-state index contributed by atoms with van der Waals surface area (Å²) in [5.74, 6) is -6.01. The third-order valence-electron chi connectivity index (χ3n) is 5.47. The van der Waals surface area contributed by atoms with Crippen molar-refractivity contribution in [3.05, 3.63) is 107 Å². The topological polar surface area (TPSA) is 0 Å². The quantitative estimate of drug-likeness (QED) is 0.258. The van der Waals surface area contributed by atoms with Gasteiger partial charge in [0.25, 0.3) is 0 Å². The number of fused-ring (bicyclic) bond motifs is 3. The molecule has 154 valence electrons. The van der Waals surface area contributed by atoms with E-state index in [4.69, 9.17) is 0 Å². The van der Waals surface area contributed by atoms with Gasteiger partial charge in [0, 0.05) is 24.3 Å². The zero-order valence-electron chi connectivity index (χ0n) is 15.7. The molecule has 1 aliphatic carbocycles. The van der Waals surface area contributed by atoms with E-state index in [9.17, 15) is 26.3 Å². The van der Waals surface area contributed by atoms with Crippen molar-refractivity contribution in [2.75, 3.05) is 0 Å². The zero-order valence-corrected chi connectivity index (χ0v) is 15.7. The third kappa shape index (κ3) is 3.19. The number of hydrogen-bond acceptors (Lipinski definition) is 0. The number of rotatable bonds is 2. The zero-order chi connectivity index (χ0) is 21.9. The minimum atomic E-state index is -1.00. The van der Waals surface area contributed by atoms with Crippen LogP contribution < -0.4 is 0 Å². The molecule has 0 bridgehead atoms. The average Bonchev–Trinajstić information content (AvgIpc) is 3.03. The summed E-state index contributed by atoms with van der Waals surface area (Å²) in [6.45, 7) is 0. The fourth-order valence-corrected chi connectivity index (χ4v) is 4.16. The van der Waals surface area contributed by atoms with Gasteiger partial charge < -0.3 is 0 Å². The molecule has 0 aliphatic heterocycles. The summed E-state index contributed by atoms with van der Waals surface area (Å²) in [4.78, 5) is 0. The monoisotopic (exact) mass is 426 g/mol. The molecule has 0 atom stereocenters. The van der Waals surface area contributed by atoms with Gasteiger partial charge in [-0.3, -0.25) is 0 Å². The summed E-state index contributed by atoms with van der Waals surface area (Å²) in [6.07, 6.45) is 0.376. The highest BCUT2D eigenvalue weighted by atomic mass is 19.2. The highest BCUT2D eigenvalue weighted by Gasteiger charge is 2.23. The molecule has 0 saturated carbocycles. The molecule has 0 N–H and O–H groups in total. The number of hydrogen-bond donors (Lipinski definition) is 0. The van der Waals surface area contributed by atoms with E-state index in [1.165, 1.54) is 0 Å². The number of benzene rings is 4. The Kier molecular flexibility index (Phi) is 4.39. The van der Waals surface area contributed by atoms with Gasteiger partial charge in [0.15, 0.2) is 0 Å². The molecule has 0 saturated heterocycles. The first-order chi connectivity index (χ1) is 14.8. The smallest absolute Gasteiger partial charge is 0.136 e. The largest absolute Gasteiger partial charge is 0.207 e. The summed E-state index contributed by atoms with van der Waals surface area (Å²) in [6, 6.07) is 12.2. The van der Waals surface area contributed by atoms with E-state index in [-0.39, 0.29) is 22.3 Å². The van der Waals surface area contributed by atoms with Crippen molar-refractivity contribution in [2.24, 2.45) is 0 Å². The van der Waals surface area contributed by atoms with Crippen LogP contribution >= 0.6 is 0 Å². The van der Waals surface area contributed by atoms with Gasteiger partial charge in [-0.15, -0.1) is 0 Å². The first kappa shape index (κ1) is 19.4. The Balaban J connectivity index is 1.57. The van der Waals surface area contributed by atoms with Crippen LogP contribution in [-0.2, 0) is 6.42 Å². The van der Waals surface area contributed by atoms with Crippen LogP contribution in [0.3, 0.4) is 0 Å². The van der Waals surface area contributed by atoms with Gasteiger partial charge in [-0.25, -0.2) is 26.3 Å². The van der Waals surface area contributed by atoms with Crippen LogP contribution in [0.5, 0.6) is 0 Å². The molecular formula is C25H12F6. The van der Waals surface area contributed by atoms with Crippen molar-refractivity contribution in [3.63, 3.8) is 0 Å². The fraction of sp³-hybridized carbons (Fsp3) is 0.0400. The SMILES string of the molecule is Fc1cc(F)c(-c2ccc3c(c2)Cc2cc(-c4c(F)cc(F)cc4F)ccc2-3)c(F)c1. The van der Waals surface area contributed by atoms with Gasteiger partial charge in [-0.05, 0) is 51.9 Å². The van der Waals surface area contributed by atoms with Gasteiger partial charge in [0.05, 0.1) is 11.1 Å². The number of halogens is 6. The van der Waals surface area contributed by atoms with E-state index in [0.29, 0.717) is 30.7 Å². The lowest BCUT2D eigenvalue weighted by atomic mass is 9.97. The van der Waals surface area contributed by atoms with Crippen molar-refractivity contribution < 1.29 is 26.3 Å². The highest BCUT2D eigenvalue weighted by Crippen LogP contribution is 2.41. The molecule has 0 unspecified atom stereocenters. The van der Waals surface area contributed by atoms with Crippen LogP contribution in [0.15, 0.2) is 60.7 Å². The van der Waals surface area contributed by atoms with E-state index in [2.05, 4.69) is 0 Å². The predicted octanol–water partition coefficient (Wildman–Crippen LogP) is 7.43. The molecule has 4 aromatic rings. The maximum Gasteiger partial charge on any atom is 0.136 e. The molecule has 1 aliphatic rings. The lowest BCUT2D eigenvalue weighted by molar-refractivity contribution is 0.547. The van der Waals surface area contributed by atoms with Crippen LogP contribution in [0.4, 0.5) is 26.3 Å². The second-order valence-electron chi connectivity index (χ2n) is 7.41. The molecule has 31 heavy (non-hydrogen) atoms. The predicted molar refractivity (Wildman–Crippen MR) is 105 cm³/mol. The van der Waals surface area contributed by atoms with Crippen molar-refractivity contribution in [1.29, 1.82) is 0 Å². The Morgan fingerprint density at radius 1 is 0.452 bits per heavy atom. The minimum Gasteiger partial charge on any atom is -0.207 e. The van der Waals surface area contributed by atoms with Crippen LogP contribution in [0.2, 0.25) is 0 Å². The maximum absolute atomic E-state index is 14.2. The first-order valence-electron chi connectivity index (χ1n) is 9.38. The Labute approximate surface area is 173 Å². The molecule has 4 aromatic carbocycles. The van der Waals surface area contributed by atoms with Crippen molar-refractivity contribution in [2.45, 2.75) is 6.42 Å². The second kappa shape index (κ2) is 7.01. The van der Waals surface area contributed by atoms with Crippen molar-refractivity contribution >= 4 is 0 Å². The van der Waals surface area contributed by atoms with E-state index >= 15 is 0 Å². The normalized spacial score (nSPS) is 12.1. The molecule has 6 heteroatoms. The Morgan fingerprint density at radius 3 is 1.16 bits per heavy atom. The summed E-state index contributed by atoms with van der Waals surface area (Å²) >= 11 is 0. The van der Waals surface area contributed by atoms with Gasteiger partial charge in [-0.1, -0.05) is 24.3 Å². The minimum absolute atomic E-state index is 0.261. The molecule has 5 rings (SSSR count). The van der Waals surface area contributed by atoms with E-state index in [1.54, 1.807) is 36.4 Å². The maximum atomic E-state index is 14.2. The van der Waals surface area contributed by atoms with Gasteiger partial charge in [0.1, 0.15) is 34.9 Å². The Morgan fingerprint density at radius 2 is 0.806 bits per heavy atom. The van der Waals surface area contributed by atoms with Crippen LogP contribution in [0, 0.1) is 34.9 Å². The Hall–Kier alpha value is -3.54. The molecule has 0 amide bonds. The van der Waals surface area contributed by atoms with E-state index in [1.807, 2.05) is 0 Å². The van der Waals surface area contributed by atoms with E-state index < -0.39 is 34.9 Å². The standard InChI is InChI=1S/C25H12F6/c26-16-8-20(28)24(21(29)9-16)12-1-3-18-14(5-12)7-15-6-13(2-4-19(15)18)25-22(30)10-17(27)11-23(25)31/h1-6,8-11H,7H2. The van der Waals surface area contributed by atoms with Crippen LogP contribution in [-0.4, -0.2) is 0 Å². The van der Waals surface area contributed by atoms with Gasteiger partial charge >= 0.3 is 0 Å². The summed E-state index contributed by atoms with van der Waals surface area (Å²) in [7, 11) is 0. The van der Waals surface area contributed by atoms with Gasteiger partial charge in [0.2, 0.25) is 0 Å². The third-order valence-corrected chi connectivity index (χ3v) is 5.47. The average molecular weight is 426 g/mol. The molecule has 0 aromatic heterocycles. The van der Waals surface area contributed by atoms with Gasteiger partial charge in [-0.2, -0.15) is 0 Å². The summed E-state index contributed by atoms with van der Waals surface area (Å²) in [5.41, 5.74) is 3.07. The molecule has 0 heterocycles. The second-order valence-corrected chi connectivity index (χ2v) is 7.41. The summed E-state index contributed by atoms with van der Waals surface area (Å²) in [5, 5.41) is 0. The molecule has 0 nitrogen and oxygen atoms in total.